The van der Waals surface area contributed by atoms with Crippen molar-refractivity contribution >= 4 is 5.78 Å². The summed E-state index contributed by atoms with van der Waals surface area (Å²) in [5.74, 6) is 0.0654. The van der Waals surface area contributed by atoms with Crippen LogP contribution in [0.2, 0.25) is 0 Å². The van der Waals surface area contributed by atoms with Gasteiger partial charge in [-0.1, -0.05) is 13.8 Å². The lowest BCUT2D eigenvalue weighted by molar-refractivity contribution is 0.0781. The minimum atomic E-state index is -0.436. The van der Waals surface area contributed by atoms with Crippen molar-refractivity contribution in [3.8, 4) is 0 Å². The second-order valence-electron chi connectivity index (χ2n) is 3.90. The van der Waals surface area contributed by atoms with Crippen LogP contribution in [0.3, 0.4) is 0 Å². The summed E-state index contributed by atoms with van der Waals surface area (Å²) in [5, 5.41) is 4.13. The van der Waals surface area contributed by atoms with E-state index in [4.69, 9.17) is 5.73 Å². The van der Waals surface area contributed by atoms with E-state index in [9.17, 15) is 4.79 Å². The molecule has 1 aromatic heterocycles. The zero-order valence-electron chi connectivity index (χ0n) is 9.66. The number of carbonyl (C=O) groups is 1. The number of aromatic nitrogens is 2. The van der Waals surface area contributed by atoms with Crippen LogP contribution in [0.5, 0.6) is 0 Å². The average molecular weight is 209 g/mol. The van der Waals surface area contributed by atoms with Gasteiger partial charge in [-0.15, -0.1) is 0 Å². The second-order valence-corrected chi connectivity index (χ2v) is 3.90. The van der Waals surface area contributed by atoms with Gasteiger partial charge in [0.2, 0.25) is 0 Å². The van der Waals surface area contributed by atoms with Crippen molar-refractivity contribution in [1.29, 1.82) is 0 Å². The maximum atomic E-state index is 12.2. The van der Waals surface area contributed by atoms with E-state index in [1.165, 1.54) is 0 Å². The Bertz CT molecular complexity index is 331. The summed E-state index contributed by atoms with van der Waals surface area (Å²) in [4.78, 5) is 12.2. The van der Waals surface area contributed by atoms with E-state index in [0.717, 1.165) is 12.8 Å². The highest BCUT2D eigenvalue weighted by molar-refractivity contribution is 5.99. The van der Waals surface area contributed by atoms with E-state index in [2.05, 4.69) is 5.10 Å². The van der Waals surface area contributed by atoms with Crippen molar-refractivity contribution in [1.82, 2.24) is 9.78 Å². The van der Waals surface area contributed by atoms with Gasteiger partial charge in [-0.05, 0) is 18.9 Å². The molecule has 0 aliphatic carbocycles. The average Bonchev–Trinajstić information content (AvgIpc) is 2.68. The number of carbonyl (C=O) groups excluding carboxylic acids is 1. The van der Waals surface area contributed by atoms with E-state index in [0.29, 0.717) is 12.2 Å². The molecule has 4 heteroatoms. The van der Waals surface area contributed by atoms with Crippen LogP contribution in [0, 0.1) is 5.41 Å². The fourth-order valence-electron chi connectivity index (χ4n) is 1.76. The molecule has 1 aromatic rings. The maximum absolute atomic E-state index is 12.2. The molecular weight excluding hydrogens is 190 g/mol. The number of hydrogen-bond acceptors (Lipinski definition) is 3. The highest BCUT2D eigenvalue weighted by atomic mass is 16.1. The van der Waals surface area contributed by atoms with Crippen LogP contribution in [0.4, 0.5) is 0 Å². The third-order valence-electron chi connectivity index (χ3n) is 3.17. The Labute approximate surface area is 90.5 Å². The van der Waals surface area contributed by atoms with E-state index in [1.54, 1.807) is 24.0 Å². The van der Waals surface area contributed by atoms with Crippen molar-refractivity contribution in [3.63, 3.8) is 0 Å². The summed E-state index contributed by atoms with van der Waals surface area (Å²) in [5.41, 5.74) is 5.80. The molecular formula is C11H19N3O. The predicted molar refractivity (Wildman–Crippen MR) is 59.6 cm³/mol. The molecule has 0 aromatic carbocycles. The molecule has 1 heterocycles. The smallest absolute Gasteiger partial charge is 0.190 e. The molecule has 0 aliphatic heterocycles. The summed E-state index contributed by atoms with van der Waals surface area (Å²) in [6, 6.07) is 1.75. The summed E-state index contributed by atoms with van der Waals surface area (Å²) in [6.07, 6.45) is 3.30. The fourth-order valence-corrected chi connectivity index (χ4v) is 1.76. The number of Topliss-reactive ketones (excluding diaryl/α,β-unsaturated/α-hetero) is 1. The Hall–Kier alpha value is -1.16. The Morgan fingerprint density at radius 1 is 1.53 bits per heavy atom. The highest BCUT2D eigenvalue weighted by Crippen LogP contribution is 2.28. The Balaban J connectivity index is 3.00. The Kier molecular flexibility index (Phi) is 3.63. The summed E-state index contributed by atoms with van der Waals surface area (Å²) < 4.78 is 1.64. The lowest BCUT2D eigenvalue weighted by Gasteiger charge is -2.27. The van der Waals surface area contributed by atoms with Gasteiger partial charge >= 0.3 is 0 Å². The maximum Gasteiger partial charge on any atom is 0.190 e. The standard InChI is InChI=1S/C11H19N3O/c1-4-11(5-2,8-12)10(15)9-6-7-14(3)13-9/h6-7H,4-5,8,12H2,1-3H3. The Morgan fingerprint density at radius 2 is 2.13 bits per heavy atom. The molecule has 1 rings (SSSR count). The van der Waals surface area contributed by atoms with Crippen molar-refractivity contribution in [2.24, 2.45) is 18.2 Å². The molecule has 0 amide bonds. The van der Waals surface area contributed by atoms with Gasteiger partial charge in [0.05, 0.1) is 0 Å². The molecule has 2 N–H and O–H groups in total. The van der Waals surface area contributed by atoms with Crippen LogP contribution >= 0.6 is 0 Å². The van der Waals surface area contributed by atoms with Gasteiger partial charge in [0, 0.05) is 25.2 Å². The number of nitrogens with zero attached hydrogens (tertiary/aromatic N) is 2. The van der Waals surface area contributed by atoms with Crippen molar-refractivity contribution in [2.45, 2.75) is 26.7 Å². The van der Waals surface area contributed by atoms with Crippen LogP contribution in [0.15, 0.2) is 12.3 Å². The van der Waals surface area contributed by atoms with Gasteiger partial charge in [0.25, 0.3) is 0 Å². The first-order chi connectivity index (χ1) is 7.09. The number of aryl methyl sites for hydroxylation is 1. The van der Waals surface area contributed by atoms with Gasteiger partial charge in [0.1, 0.15) is 5.69 Å². The minimum Gasteiger partial charge on any atom is -0.329 e. The number of hydrogen-bond donors (Lipinski definition) is 1. The zero-order valence-corrected chi connectivity index (χ0v) is 9.66. The molecule has 0 saturated heterocycles. The van der Waals surface area contributed by atoms with Crippen LogP contribution in [-0.2, 0) is 7.05 Å². The van der Waals surface area contributed by atoms with Crippen LogP contribution in [-0.4, -0.2) is 22.1 Å². The lowest BCUT2D eigenvalue weighted by Crippen LogP contribution is -2.38. The zero-order chi connectivity index (χ0) is 11.5. The SMILES string of the molecule is CCC(CC)(CN)C(=O)c1ccn(C)n1. The number of nitrogens with two attached hydrogens (primary N) is 1. The molecule has 0 fully saturated rings. The van der Waals surface area contributed by atoms with E-state index in [-0.39, 0.29) is 5.78 Å². The predicted octanol–water partition coefficient (Wildman–Crippen LogP) is 1.37. The first kappa shape index (κ1) is 11.9. The van der Waals surface area contributed by atoms with Crippen LogP contribution < -0.4 is 5.73 Å². The van der Waals surface area contributed by atoms with Crippen molar-refractivity contribution < 1.29 is 4.79 Å². The minimum absolute atomic E-state index is 0.0654. The topological polar surface area (TPSA) is 60.9 Å². The van der Waals surface area contributed by atoms with Gasteiger partial charge in [-0.2, -0.15) is 5.10 Å². The van der Waals surface area contributed by atoms with Gasteiger partial charge in [-0.25, -0.2) is 0 Å². The van der Waals surface area contributed by atoms with E-state index in [1.807, 2.05) is 13.8 Å². The first-order valence-corrected chi connectivity index (χ1v) is 5.34. The monoisotopic (exact) mass is 209 g/mol. The molecule has 84 valence electrons. The van der Waals surface area contributed by atoms with Gasteiger partial charge in [-0.3, -0.25) is 9.48 Å². The molecule has 0 aliphatic rings. The summed E-state index contributed by atoms with van der Waals surface area (Å²) in [7, 11) is 1.80. The number of ketones is 1. The van der Waals surface area contributed by atoms with Crippen LogP contribution in [0.25, 0.3) is 0 Å². The van der Waals surface area contributed by atoms with Crippen molar-refractivity contribution in [3.05, 3.63) is 18.0 Å². The Morgan fingerprint density at radius 3 is 2.47 bits per heavy atom. The summed E-state index contributed by atoms with van der Waals surface area (Å²) >= 11 is 0. The molecule has 0 atom stereocenters. The third-order valence-corrected chi connectivity index (χ3v) is 3.17. The summed E-state index contributed by atoms with van der Waals surface area (Å²) in [6.45, 7) is 4.38. The van der Waals surface area contributed by atoms with E-state index < -0.39 is 5.41 Å². The molecule has 0 radical (unpaired) electrons. The van der Waals surface area contributed by atoms with Crippen molar-refractivity contribution in [2.75, 3.05) is 6.54 Å². The highest BCUT2D eigenvalue weighted by Gasteiger charge is 2.35. The first-order valence-electron chi connectivity index (χ1n) is 5.34. The third kappa shape index (κ3) is 2.09. The normalized spacial score (nSPS) is 11.7. The lowest BCUT2D eigenvalue weighted by atomic mass is 9.77. The molecule has 0 unspecified atom stereocenters. The second kappa shape index (κ2) is 4.57. The van der Waals surface area contributed by atoms with Crippen LogP contribution in [0.1, 0.15) is 37.2 Å². The molecule has 0 saturated carbocycles. The van der Waals surface area contributed by atoms with Gasteiger partial charge < -0.3 is 5.73 Å². The molecule has 15 heavy (non-hydrogen) atoms. The quantitative estimate of drug-likeness (QED) is 0.745. The number of rotatable bonds is 5. The molecule has 0 spiro atoms. The molecule has 4 nitrogen and oxygen atoms in total. The van der Waals surface area contributed by atoms with Gasteiger partial charge in [0.15, 0.2) is 5.78 Å². The van der Waals surface area contributed by atoms with E-state index >= 15 is 0 Å². The largest absolute Gasteiger partial charge is 0.329 e. The molecule has 0 bridgehead atoms. The fraction of sp³-hybridized carbons (Fsp3) is 0.636.